The van der Waals surface area contributed by atoms with Gasteiger partial charge in [-0.2, -0.15) is 0 Å². The Morgan fingerprint density at radius 1 is 1.31 bits per heavy atom. The van der Waals surface area contributed by atoms with Gasteiger partial charge in [-0.3, -0.25) is 0 Å². The van der Waals surface area contributed by atoms with Gasteiger partial charge in [-0.15, -0.1) is 0 Å². The first-order chi connectivity index (χ1) is 7.58. The van der Waals surface area contributed by atoms with Gasteiger partial charge in [0.25, 0.3) is 0 Å². The van der Waals surface area contributed by atoms with E-state index in [1.54, 1.807) is 0 Å². The number of furan rings is 1. The summed E-state index contributed by atoms with van der Waals surface area (Å²) in [5.74, 6) is 0.709. The van der Waals surface area contributed by atoms with Crippen LogP contribution < -0.4 is 0 Å². The van der Waals surface area contributed by atoms with E-state index >= 15 is 0 Å². The predicted molar refractivity (Wildman–Crippen MR) is 63.3 cm³/mol. The van der Waals surface area contributed by atoms with E-state index < -0.39 is 6.10 Å². The summed E-state index contributed by atoms with van der Waals surface area (Å²) in [4.78, 5) is 0. The third kappa shape index (κ3) is 1.45. The zero-order valence-electron chi connectivity index (χ0n) is 9.66. The van der Waals surface area contributed by atoms with Crippen LogP contribution in [0.5, 0.6) is 0 Å². The minimum atomic E-state index is -0.458. The molecule has 2 aromatic rings. The normalized spacial score (nSPS) is 19.9. The first-order valence-electron chi connectivity index (χ1n) is 5.77. The van der Waals surface area contributed by atoms with Crippen LogP contribution in [0.3, 0.4) is 0 Å². The van der Waals surface area contributed by atoms with Crippen LogP contribution in [0.2, 0.25) is 0 Å². The van der Waals surface area contributed by atoms with Crippen LogP contribution >= 0.6 is 0 Å². The lowest BCUT2D eigenvalue weighted by Crippen LogP contribution is -2.08. The molecule has 0 saturated heterocycles. The van der Waals surface area contributed by atoms with Gasteiger partial charge >= 0.3 is 0 Å². The molecular formula is C14H16O2. The van der Waals surface area contributed by atoms with Gasteiger partial charge in [0.2, 0.25) is 0 Å². The fourth-order valence-electron chi connectivity index (χ4n) is 2.13. The van der Waals surface area contributed by atoms with Crippen molar-refractivity contribution in [3.8, 4) is 0 Å². The van der Waals surface area contributed by atoms with Crippen molar-refractivity contribution < 1.29 is 9.52 Å². The van der Waals surface area contributed by atoms with Crippen molar-refractivity contribution in [2.24, 2.45) is 5.41 Å². The van der Waals surface area contributed by atoms with Gasteiger partial charge in [-0.05, 0) is 38.0 Å². The van der Waals surface area contributed by atoms with Gasteiger partial charge in [0.1, 0.15) is 17.4 Å². The molecule has 2 nitrogen and oxygen atoms in total. The van der Waals surface area contributed by atoms with Crippen LogP contribution in [0.4, 0.5) is 0 Å². The first-order valence-corrected chi connectivity index (χ1v) is 5.77. The maximum atomic E-state index is 10.2. The van der Waals surface area contributed by atoms with E-state index in [4.69, 9.17) is 4.42 Å². The fraction of sp³-hybridized carbons (Fsp3) is 0.429. The van der Waals surface area contributed by atoms with E-state index in [-0.39, 0.29) is 5.41 Å². The molecule has 1 N–H and O–H groups in total. The minimum Gasteiger partial charge on any atom is -0.458 e. The van der Waals surface area contributed by atoms with E-state index in [2.05, 4.69) is 19.9 Å². The number of aliphatic hydroxyl groups is 1. The Kier molecular flexibility index (Phi) is 1.93. The van der Waals surface area contributed by atoms with E-state index in [1.165, 1.54) is 5.56 Å². The quantitative estimate of drug-likeness (QED) is 0.832. The van der Waals surface area contributed by atoms with Gasteiger partial charge < -0.3 is 9.52 Å². The molecule has 1 aromatic carbocycles. The van der Waals surface area contributed by atoms with Crippen molar-refractivity contribution in [1.82, 2.24) is 0 Å². The van der Waals surface area contributed by atoms with Crippen LogP contribution in [0.25, 0.3) is 11.0 Å². The Balaban J connectivity index is 2.05. The second kappa shape index (κ2) is 3.11. The zero-order chi connectivity index (χ0) is 11.3. The monoisotopic (exact) mass is 216 g/mol. The molecule has 0 amide bonds. The van der Waals surface area contributed by atoms with Gasteiger partial charge in [-0.1, -0.05) is 18.6 Å². The molecule has 1 unspecified atom stereocenters. The number of hydrogen-bond donors (Lipinski definition) is 1. The summed E-state index contributed by atoms with van der Waals surface area (Å²) in [5.41, 5.74) is 2.12. The molecule has 1 saturated carbocycles. The molecule has 1 aromatic heterocycles. The third-order valence-corrected chi connectivity index (χ3v) is 3.66. The molecule has 1 aliphatic carbocycles. The van der Waals surface area contributed by atoms with Crippen molar-refractivity contribution in [2.45, 2.75) is 32.8 Å². The standard InChI is InChI=1S/C14H16O2/c1-9-3-4-11-10(7-9)8-12(16-11)13(15)14(2)5-6-14/h3-4,7-8,13,15H,5-6H2,1-2H3. The summed E-state index contributed by atoms with van der Waals surface area (Å²) < 4.78 is 5.70. The number of rotatable bonds is 2. The Bertz CT molecular complexity index is 535. The Morgan fingerprint density at radius 2 is 2.06 bits per heavy atom. The largest absolute Gasteiger partial charge is 0.458 e. The molecule has 0 radical (unpaired) electrons. The summed E-state index contributed by atoms with van der Waals surface area (Å²) >= 11 is 0. The molecular weight excluding hydrogens is 200 g/mol. The molecule has 0 aliphatic heterocycles. The topological polar surface area (TPSA) is 33.4 Å². The molecule has 1 atom stereocenters. The molecule has 16 heavy (non-hydrogen) atoms. The van der Waals surface area contributed by atoms with Crippen LogP contribution in [0.1, 0.15) is 37.2 Å². The fourth-order valence-corrected chi connectivity index (χ4v) is 2.13. The van der Waals surface area contributed by atoms with Crippen LogP contribution in [0, 0.1) is 12.3 Å². The Labute approximate surface area is 94.9 Å². The molecule has 2 heteroatoms. The van der Waals surface area contributed by atoms with Gasteiger partial charge in [0.15, 0.2) is 0 Å². The third-order valence-electron chi connectivity index (χ3n) is 3.66. The highest BCUT2D eigenvalue weighted by atomic mass is 16.4. The molecule has 84 valence electrons. The lowest BCUT2D eigenvalue weighted by atomic mass is 10.00. The highest BCUT2D eigenvalue weighted by molar-refractivity contribution is 5.78. The van der Waals surface area contributed by atoms with Crippen molar-refractivity contribution >= 4 is 11.0 Å². The Hall–Kier alpha value is -1.28. The number of benzene rings is 1. The Morgan fingerprint density at radius 3 is 2.75 bits per heavy atom. The molecule has 1 aliphatic rings. The SMILES string of the molecule is Cc1ccc2oc(C(O)C3(C)CC3)cc2c1. The number of hydrogen-bond acceptors (Lipinski definition) is 2. The van der Waals surface area contributed by atoms with E-state index in [9.17, 15) is 5.11 Å². The van der Waals surface area contributed by atoms with Gasteiger partial charge in [0, 0.05) is 10.8 Å². The zero-order valence-corrected chi connectivity index (χ0v) is 9.66. The summed E-state index contributed by atoms with van der Waals surface area (Å²) in [5, 5.41) is 11.3. The number of aliphatic hydroxyl groups excluding tert-OH is 1. The lowest BCUT2D eigenvalue weighted by Gasteiger charge is -2.14. The molecule has 3 rings (SSSR count). The second-order valence-electron chi connectivity index (χ2n) is 5.25. The minimum absolute atomic E-state index is 0.0446. The van der Waals surface area contributed by atoms with Crippen LogP contribution in [0.15, 0.2) is 28.7 Å². The number of aryl methyl sites for hydroxylation is 1. The molecule has 0 spiro atoms. The molecule has 1 fully saturated rings. The summed E-state index contributed by atoms with van der Waals surface area (Å²) in [6, 6.07) is 8.05. The smallest absolute Gasteiger partial charge is 0.134 e. The van der Waals surface area contributed by atoms with E-state index in [0.29, 0.717) is 5.76 Å². The molecule has 1 heterocycles. The maximum absolute atomic E-state index is 10.2. The summed E-state index contributed by atoms with van der Waals surface area (Å²) in [6.07, 6.45) is 1.72. The maximum Gasteiger partial charge on any atom is 0.134 e. The average molecular weight is 216 g/mol. The second-order valence-corrected chi connectivity index (χ2v) is 5.25. The van der Waals surface area contributed by atoms with E-state index in [1.807, 2.05) is 18.2 Å². The summed E-state index contributed by atoms with van der Waals surface area (Å²) in [7, 11) is 0. The molecule has 0 bridgehead atoms. The highest BCUT2D eigenvalue weighted by Crippen LogP contribution is 2.54. The van der Waals surface area contributed by atoms with Crippen molar-refractivity contribution in [1.29, 1.82) is 0 Å². The predicted octanol–water partition coefficient (Wildman–Crippen LogP) is 3.57. The van der Waals surface area contributed by atoms with Crippen LogP contribution in [-0.2, 0) is 0 Å². The van der Waals surface area contributed by atoms with Crippen molar-refractivity contribution in [3.05, 3.63) is 35.6 Å². The first kappa shape index (κ1) is 9.91. The number of fused-ring (bicyclic) bond motifs is 1. The van der Waals surface area contributed by atoms with Crippen molar-refractivity contribution in [3.63, 3.8) is 0 Å². The van der Waals surface area contributed by atoms with Gasteiger partial charge in [0.05, 0.1) is 0 Å². The lowest BCUT2D eigenvalue weighted by molar-refractivity contribution is 0.0827. The van der Waals surface area contributed by atoms with Crippen LogP contribution in [-0.4, -0.2) is 5.11 Å². The average Bonchev–Trinajstić information content (AvgIpc) is 2.87. The van der Waals surface area contributed by atoms with E-state index in [0.717, 1.165) is 23.8 Å². The highest BCUT2D eigenvalue weighted by Gasteiger charge is 2.46. The van der Waals surface area contributed by atoms with Gasteiger partial charge in [-0.25, -0.2) is 0 Å². The summed E-state index contributed by atoms with van der Waals surface area (Å²) in [6.45, 7) is 4.17. The van der Waals surface area contributed by atoms with Crippen molar-refractivity contribution in [2.75, 3.05) is 0 Å².